The van der Waals surface area contributed by atoms with Crippen molar-refractivity contribution in [2.45, 2.75) is 0 Å². The summed E-state index contributed by atoms with van der Waals surface area (Å²) in [6.07, 6.45) is 1.16. The minimum Gasteiger partial charge on any atom is -0.508 e. The fourth-order valence-corrected chi connectivity index (χ4v) is 1.43. The van der Waals surface area contributed by atoms with E-state index in [2.05, 4.69) is 15.3 Å². The van der Waals surface area contributed by atoms with Gasteiger partial charge in [0.05, 0.1) is 6.20 Å². The molecule has 0 saturated heterocycles. The molecule has 4 N–H and O–H groups in total. The summed E-state index contributed by atoms with van der Waals surface area (Å²) in [5, 5.41) is 20.9. The Hall–Kier alpha value is -3.14. The molecule has 19 heavy (non-hydrogen) atoms. The molecule has 94 valence electrons. The number of aromatic hydroxyl groups is 1. The van der Waals surface area contributed by atoms with E-state index < -0.39 is 5.91 Å². The van der Waals surface area contributed by atoms with Crippen molar-refractivity contribution < 1.29 is 9.90 Å². The third-order valence-electron chi connectivity index (χ3n) is 2.23. The fraction of sp³-hybridized carbons (Fsp3) is 0. The number of benzene rings is 1. The SMILES string of the molecule is N#Cc1cnc(C(N)=O)c(Nc2cccc(O)c2)n1. The summed E-state index contributed by atoms with van der Waals surface area (Å²) >= 11 is 0. The van der Waals surface area contributed by atoms with Gasteiger partial charge in [-0.3, -0.25) is 4.79 Å². The Morgan fingerprint density at radius 2 is 2.26 bits per heavy atom. The van der Waals surface area contributed by atoms with Gasteiger partial charge in [-0.05, 0) is 12.1 Å². The van der Waals surface area contributed by atoms with Crippen molar-refractivity contribution in [3.63, 3.8) is 0 Å². The number of rotatable bonds is 3. The largest absolute Gasteiger partial charge is 0.508 e. The number of carbonyl (C=O) groups excluding carboxylic acids is 1. The third-order valence-corrected chi connectivity index (χ3v) is 2.23. The van der Waals surface area contributed by atoms with E-state index >= 15 is 0 Å². The zero-order valence-electron chi connectivity index (χ0n) is 9.66. The van der Waals surface area contributed by atoms with Crippen LogP contribution in [-0.2, 0) is 0 Å². The van der Waals surface area contributed by atoms with Crippen LogP contribution in [-0.4, -0.2) is 21.0 Å². The molecule has 0 spiro atoms. The van der Waals surface area contributed by atoms with Gasteiger partial charge in [-0.15, -0.1) is 0 Å². The second-order valence-corrected chi connectivity index (χ2v) is 3.60. The van der Waals surface area contributed by atoms with Gasteiger partial charge in [-0.1, -0.05) is 6.07 Å². The normalized spacial score (nSPS) is 9.63. The summed E-state index contributed by atoms with van der Waals surface area (Å²) in [4.78, 5) is 18.9. The molecule has 0 radical (unpaired) electrons. The van der Waals surface area contributed by atoms with Crippen LogP contribution in [0.1, 0.15) is 16.2 Å². The fourth-order valence-electron chi connectivity index (χ4n) is 1.43. The molecule has 0 atom stereocenters. The number of anilines is 2. The lowest BCUT2D eigenvalue weighted by Crippen LogP contribution is -2.16. The van der Waals surface area contributed by atoms with Crippen LogP contribution in [0.25, 0.3) is 0 Å². The van der Waals surface area contributed by atoms with Crippen molar-refractivity contribution in [3.8, 4) is 11.8 Å². The number of amides is 1. The molecule has 0 fully saturated rings. The van der Waals surface area contributed by atoms with Crippen LogP contribution in [0.4, 0.5) is 11.5 Å². The number of nitrogens with one attached hydrogen (secondary N) is 1. The van der Waals surface area contributed by atoms with Crippen molar-refractivity contribution in [2.75, 3.05) is 5.32 Å². The highest BCUT2D eigenvalue weighted by Gasteiger charge is 2.13. The van der Waals surface area contributed by atoms with Gasteiger partial charge in [-0.2, -0.15) is 5.26 Å². The third kappa shape index (κ3) is 2.76. The van der Waals surface area contributed by atoms with E-state index in [4.69, 9.17) is 11.0 Å². The van der Waals surface area contributed by atoms with Crippen molar-refractivity contribution >= 4 is 17.4 Å². The van der Waals surface area contributed by atoms with Gasteiger partial charge in [0.25, 0.3) is 5.91 Å². The number of hydrogen-bond donors (Lipinski definition) is 3. The number of phenols is 1. The van der Waals surface area contributed by atoms with Crippen LogP contribution in [0.5, 0.6) is 5.75 Å². The standard InChI is InChI=1S/C12H9N5O2/c13-5-8-6-15-10(11(14)19)12(17-8)16-7-2-1-3-9(18)4-7/h1-4,6,18H,(H2,14,19)(H,16,17). The van der Waals surface area contributed by atoms with Crippen LogP contribution >= 0.6 is 0 Å². The molecule has 0 aliphatic carbocycles. The van der Waals surface area contributed by atoms with Gasteiger partial charge < -0.3 is 16.2 Å². The Kier molecular flexibility index (Phi) is 3.25. The first-order valence-electron chi connectivity index (χ1n) is 5.23. The van der Waals surface area contributed by atoms with Gasteiger partial charge in [0.15, 0.2) is 17.2 Å². The summed E-state index contributed by atoms with van der Waals surface area (Å²) in [5.74, 6) is -0.646. The van der Waals surface area contributed by atoms with E-state index in [0.717, 1.165) is 6.20 Å². The van der Waals surface area contributed by atoms with E-state index in [-0.39, 0.29) is 23.0 Å². The molecule has 1 aromatic carbocycles. The van der Waals surface area contributed by atoms with Crippen LogP contribution in [0.2, 0.25) is 0 Å². The summed E-state index contributed by atoms with van der Waals surface area (Å²) in [6.45, 7) is 0. The molecule has 0 aliphatic heterocycles. The van der Waals surface area contributed by atoms with E-state index in [1.54, 1.807) is 12.1 Å². The second-order valence-electron chi connectivity index (χ2n) is 3.60. The number of nitriles is 1. The van der Waals surface area contributed by atoms with Gasteiger partial charge in [0, 0.05) is 11.8 Å². The molecule has 0 saturated carbocycles. The molecule has 1 heterocycles. The van der Waals surface area contributed by atoms with E-state index in [9.17, 15) is 9.90 Å². The summed E-state index contributed by atoms with van der Waals surface area (Å²) in [7, 11) is 0. The highest BCUT2D eigenvalue weighted by molar-refractivity contribution is 5.96. The van der Waals surface area contributed by atoms with E-state index in [1.807, 2.05) is 6.07 Å². The lowest BCUT2D eigenvalue weighted by Gasteiger charge is -2.08. The highest BCUT2D eigenvalue weighted by Crippen LogP contribution is 2.21. The topological polar surface area (TPSA) is 125 Å². The summed E-state index contributed by atoms with van der Waals surface area (Å²) in [6, 6.07) is 8.02. The quantitative estimate of drug-likeness (QED) is 0.748. The molecule has 7 heteroatoms. The minimum absolute atomic E-state index is 0.0488. The average molecular weight is 255 g/mol. The minimum atomic E-state index is -0.764. The Labute approximate surface area is 108 Å². The zero-order chi connectivity index (χ0) is 13.8. The molecule has 2 rings (SSSR count). The first kappa shape index (κ1) is 12.3. The van der Waals surface area contributed by atoms with Gasteiger partial charge >= 0.3 is 0 Å². The number of aromatic nitrogens is 2. The van der Waals surface area contributed by atoms with E-state index in [0.29, 0.717) is 5.69 Å². The summed E-state index contributed by atoms with van der Waals surface area (Å²) in [5.41, 5.74) is 5.64. The number of hydrogen-bond acceptors (Lipinski definition) is 6. The second kappa shape index (κ2) is 5.01. The molecule has 0 unspecified atom stereocenters. The highest BCUT2D eigenvalue weighted by atomic mass is 16.3. The number of carbonyl (C=O) groups is 1. The maximum atomic E-state index is 11.2. The monoisotopic (exact) mass is 255 g/mol. The van der Waals surface area contributed by atoms with Crippen LogP contribution < -0.4 is 11.1 Å². The lowest BCUT2D eigenvalue weighted by molar-refractivity contribution is 0.0996. The molecule has 1 aromatic heterocycles. The maximum Gasteiger partial charge on any atom is 0.271 e. The first-order valence-corrected chi connectivity index (χ1v) is 5.23. The smallest absolute Gasteiger partial charge is 0.271 e. The van der Waals surface area contributed by atoms with Crippen LogP contribution in [0.3, 0.4) is 0 Å². The molecule has 0 bridgehead atoms. The Balaban J connectivity index is 2.43. The molecular formula is C12H9N5O2. The predicted molar refractivity (Wildman–Crippen MR) is 66.7 cm³/mol. The maximum absolute atomic E-state index is 11.2. The Morgan fingerprint density at radius 1 is 1.47 bits per heavy atom. The van der Waals surface area contributed by atoms with Crippen molar-refractivity contribution in [3.05, 3.63) is 41.9 Å². The molecule has 7 nitrogen and oxygen atoms in total. The Morgan fingerprint density at radius 3 is 2.89 bits per heavy atom. The lowest BCUT2D eigenvalue weighted by atomic mass is 10.3. The molecular weight excluding hydrogens is 246 g/mol. The van der Waals surface area contributed by atoms with Crippen molar-refractivity contribution in [1.82, 2.24) is 9.97 Å². The zero-order valence-corrected chi connectivity index (χ0v) is 9.66. The number of nitrogens with zero attached hydrogens (tertiary/aromatic N) is 3. The van der Waals surface area contributed by atoms with Crippen LogP contribution in [0.15, 0.2) is 30.5 Å². The number of nitrogens with two attached hydrogens (primary N) is 1. The van der Waals surface area contributed by atoms with Crippen molar-refractivity contribution in [2.24, 2.45) is 5.73 Å². The van der Waals surface area contributed by atoms with Crippen LogP contribution in [0, 0.1) is 11.3 Å². The number of phenolic OH excluding ortho intramolecular Hbond substituents is 1. The average Bonchev–Trinajstić information content (AvgIpc) is 2.38. The molecule has 1 amide bonds. The van der Waals surface area contributed by atoms with Crippen molar-refractivity contribution in [1.29, 1.82) is 5.26 Å². The summed E-state index contributed by atoms with van der Waals surface area (Å²) < 4.78 is 0. The molecule has 0 aliphatic rings. The Bertz CT molecular complexity index is 678. The van der Waals surface area contributed by atoms with E-state index in [1.165, 1.54) is 12.1 Å². The van der Waals surface area contributed by atoms with Gasteiger partial charge in [0.1, 0.15) is 11.8 Å². The van der Waals surface area contributed by atoms with Gasteiger partial charge in [-0.25, -0.2) is 9.97 Å². The van der Waals surface area contributed by atoms with Gasteiger partial charge in [0.2, 0.25) is 0 Å². The molecule has 2 aromatic rings. The first-order chi connectivity index (χ1) is 9.10. The number of primary amides is 1. The predicted octanol–water partition coefficient (Wildman–Crippen LogP) is 0.896.